The van der Waals surface area contributed by atoms with E-state index in [2.05, 4.69) is 15.6 Å². The van der Waals surface area contributed by atoms with Gasteiger partial charge in [0.25, 0.3) is 0 Å². The van der Waals surface area contributed by atoms with Crippen LogP contribution in [0.5, 0.6) is 0 Å². The molecule has 1 saturated heterocycles. The van der Waals surface area contributed by atoms with Crippen molar-refractivity contribution in [1.29, 1.82) is 0 Å². The molecule has 0 radical (unpaired) electrons. The van der Waals surface area contributed by atoms with E-state index in [4.69, 9.17) is 4.42 Å². The van der Waals surface area contributed by atoms with Crippen LogP contribution in [0.4, 0.5) is 0 Å². The van der Waals surface area contributed by atoms with Crippen molar-refractivity contribution in [2.75, 3.05) is 26.2 Å². The van der Waals surface area contributed by atoms with E-state index in [1.54, 1.807) is 6.26 Å². The Morgan fingerprint density at radius 3 is 2.85 bits per heavy atom. The van der Waals surface area contributed by atoms with Crippen molar-refractivity contribution in [3.63, 3.8) is 0 Å². The second-order valence-electron chi connectivity index (χ2n) is 7.93. The molecule has 1 amide bonds. The minimum absolute atomic E-state index is 0.141. The van der Waals surface area contributed by atoms with Crippen LogP contribution in [0.1, 0.15) is 44.3 Å². The second kappa shape index (κ2) is 8.14. The van der Waals surface area contributed by atoms with E-state index in [1.807, 2.05) is 17.0 Å². The van der Waals surface area contributed by atoms with E-state index >= 15 is 0 Å². The number of likely N-dealkylation sites (tertiary alicyclic amines) is 1. The molecule has 3 aliphatic rings. The minimum Gasteiger partial charge on any atom is -0.469 e. The van der Waals surface area contributed by atoms with Crippen LogP contribution in [-0.2, 0) is 11.2 Å². The maximum atomic E-state index is 12.3. The third-order valence-electron chi connectivity index (χ3n) is 6.14. The fourth-order valence-electron chi connectivity index (χ4n) is 4.72. The number of carbonyl (C=O) groups is 1. The summed E-state index contributed by atoms with van der Waals surface area (Å²) in [6, 6.07) is 4.40. The maximum absolute atomic E-state index is 12.3. The van der Waals surface area contributed by atoms with Crippen molar-refractivity contribution in [2.24, 2.45) is 16.8 Å². The number of hydrogen-bond acceptors (Lipinski definition) is 3. The Balaban J connectivity index is 1.33. The molecule has 2 saturated carbocycles. The Labute approximate surface area is 155 Å². The summed E-state index contributed by atoms with van der Waals surface area (Å²) in [5, 5.41) is 7.01. The van der Waals surface area contributed by atoms with Crippen molar-refractivity contribution in [1.82, 2.24) is 15.5 Å². The smallest absolute Gasteiger partial charge is 0.244 e. The van der Waals surface area contributed by atoms with Crippen LogP contribution in [0, 0.1) is 11.8 Å². The van der Waals surface area contributed by atoms with Gasteiger partial charge < -0.3 is 20.0 Å². The van der Waals surface area contributed by atoms with Crippen molar-refractivity contribution in [3.8, 4) is 0 Å². The summed E-state index contributed by atoms with van der Waals surface area (Å²) in [6.45, 7) is 2.75. The zero-order chi connectivity index (χ0) is 17.8. The normalized spacial score (nSPS) is 27.9. The topological polar surface area (TPSA) is 69.9 Å². The van der Waals surface area contributed by atoms with Crippen molar-refractivity contribution < 1.29 is 9.21 Å². The molecule has 6 heteroatoms. The number of furan rings is 1. The molecule has 1 aliphatic heterocycles. The summed E-state index contributed by atoms with van der Waals surface area (Å²) in [5.74, 6) is 3.54. The van der Waals surface area contributed by atoms with Gasteiger partial charge in [-0.05, 0) is 56.1 Å². The van der Waals surface area contributed by atoms with Gasteiger partial charge in [0, 0.05) is 32.1 Å². The lowest BCUT2D eigenvalue weighted by atomic mass is 9.95. The van der Waals surface area contributed by atoms with Gasteiger partial charge in [-0.1, -0.05) is 6.42 Å². The number of rotatable bonds is 6. The van der Waals surface area contributed by atoms with E-state index in [0.29, 0.717) is 6.04 Å². The molecule has 2 heterocycles. The molecule has 2 N–H and O–H groups in total. The Kier molecular flexibility index (Phi) is 5.46. The number of fused-ring (bicyclic) bond motifs is 2. The average molecular weight is 358 g/mol. The standard InChI is InChI=1S/C20H30N4O2/c25-19(24-9-1-2-10-24)14-22-20(21-8-7-17-4-3-11-26-17)23-18-13-15-5-6-16(18)12-15/h3-4,11,15-16,18H,1-2,5-10,12-14H2,(H2,21,22,23). The van der Waals surface area contributed by atoms with Crippen LogP contribution in [0.2, 0.25) is 0 Å². The molecule has 3 unspecified atom stereocenters. The Bertz CT molecular complexity index is 622. The number of aliphatic imine (C=N–C) groups is 1. The molecule has 1 aromatic rings. The van der Waals surface area contributed by atoms with Crippen molar-refractivity contribution in [3.05, 3.63) is 24.2 Å². The van der Waals surface area contributed by atoms with Gasteiger partial charge in [-0.3, -0.25) is 4.79 Å². The fraction of sp³-hybridized carbons (Fsp3) is 0.700. The number of amides is 1. The van der Waals surface area contributed by atoms with Crippen LogP contribution in [-0.4, -0.2) is 49.0 Å². The summed E-state index contributed by atoms with van der Waals surface area (Å²) < 4.78 is 5.39. The molecule has 26 heavy (non-hydrogen) atoms. The minimum atomic E-state index is 0.141. The first-order chi connectivity index (χ1) is 12.8. The first kappa shape index (κ1) is 17.4. The van der Waals surface area contributed by atoms with Gasteiger partial charge in [-0.15, -0.1) is 0 Å². The predicted octanol–water partition coefficient (Wildman–Crippen LogP) is 2.17. The molecule has 3 fully saturated rings. The average Bonchev–Trinajstić information content (AvgIpc) is 3.44. The summed E-state index contributed by atoms with van der Waals surface area (Å²) in [5.41, 5.74) is 0. The lowest BCUT2D eigenvalue weighted by Gasteiger charge is -2.25. The van der Waals surface area contributed by atoms with Gasteiger partial charge in [-0.25, -0.2) is 4.99 Å². The van der Waals surface area contributed by atoms with Gasteiger partial charge in [0.1, 0.15) is 12.3 Å². The van der Waals surface area contributed by atoms with Gasteiger partial charge in [0.2, 0.25) is 5.91 Å². The Hall–Kier alpha value is -1.98. The fourth-order valence-corrected chi connectivity index (χ4v) is 4.72. The highest BCUT2D eigenvalue weighted by Gasteiger charge is 2.39. The molecule has 6 nitrogen and oxygen atoms in total. The van der Waals surface area contributed by atoms with E-state index in [0.717, 1.165) is 62.5 Å². The summed E-state index contributed by atoms with van der Waals surface area (Å²) in [7, 11) is 0. The Morgan fingerprint density at radius 2 is 2.15 bits per heavy atom. The van der Waals surface area contributed by atoms with Gasteiger partial charge in [-0.2, -0.15) is 0 Å². The molecule has 2 bridgehead atoms. The quantitative estimate of drug-likeness (QED) is 0.604. The number of carbonyl (C=O) groups excluding carboxylic acids is 1. The molecule has 3 atom stereocenters. The number of nitrogens with zero attached hydrogens (tertiary/aromatic N) is 2. The van der Waals surface area contributed by atoms with Crippen molar-refractivity contribution >= 4 is 11.9 Å². The highest BCUT2D eigenvalue weighted by atomic mass is 16.3. The molecule has 0 aromatic carbocycles. The van der Waals surface area contributed by atoms with E-state index in [1.165, 1.54) is 25.7 Å². The molecule has 0 spiro atoms. The number of guanidine groups is 1. The van der Waals surface area contributed by atoms with Crippen molar-refractivity contribution in [2.45, 2.75) is 51.0 Å². The highest BCUT2D eigenvalue weighted by Crippen LogP contribution is 2.44. The van der Waals surface area contributed by atoms with Crippen LogP contribution in [0.15, 0.2) is 27.8 Å². The van der Waals surface area contributed by atoms with Crippen LogP contribution in [0.25, 0.3) is 0 Å². The van der Waals surface area contributed by atoms with E-state index < -0.39 is 0 Å². The number of nitrogens with one attached hydrogen (secondary N) is 2. The van der Waals surface area contributed by atoms with Crippen LogP contribution in [0.3, 0.4) is 0 Å². The van der Waals surface area contributed by atoms with E-state index in [9.17, 15) is 4.79 Å². The predicted molar refractivity (Wildman–Crippen MR) is 101 cm³/mol. The van der Waals surface area contributed by atoms with Gasteiger partial charge in [0.05, 0.1) is 6.26 Å². The summed E-state index contributed by atoms with van der Waals surface area (Å²) in [6.07, 6.45) is 10.0. The SMILES string of the molecule is O=C(CN=C(NCCc1ccco1)NC1CC2CCC1C2)N1CCCC1. The molecular formula is C20H30N4O2. The second-order valence-corrected chi connectivity index (χ2v) is 7.93. The maximum Gasteiger partial charge on any atom is 0.244 e. The first-order valence-corrected chi connectivity index (χ1v) is 10.1. The molecular weight excluding hydrogens is 328 g/mol. The van der Waals surface area contributed by atoms with Crippen LogP contribution >= 0.6 is 0 Å². The zero-order valence-corrected chi connectivity index (χ0v) is 15.5. The zero-order valence-electron chi connectivity index (χ0n) is 15.5. The third kappa shape index (κ3) is 4.22. The highest BCUT2D eigenvalue weighted by molar-refractivity contribution is 5.85. The molecule has 142 valence electrons. The van der Waals surface area contributed by atoms with E-state index in [-0.39, 0.29) is 12.5 Å². The first-order valence-electron chi connectivity index (χ1n) is 10.1. The monoisotopic (exact) mass is 358 g/mol. The van der Waals surface area contributed by atoms with Gasteiger partial charge >= 0.3 is 0 Å². The largest absolute Gasteiger partial charge is 0.469 e. The molecule has 4 rings (SSSR count). The number of hydrogen-bond donors (Lipinski definition) is 2. The summed E-state index contributed by atoms with van der Waals surface area (Å²) in [4.78, 5) is 18.9. The summed E-state index contributed by atoms with van der Waals surface area (Å²) >= 11 is 0. The lowest BCUT2D eigenvalue weighted by Crippen LogP contribution is -2.46. The van der Waals surface area contributed by atoms with Crippen LogP contribution < -0.4 is 10.6 Å². The third-order valence-corrected chi connectivity index (χ3v) is 6.14. The molecule has 2 aliphatic carbocycles. The van der Waals surface area contributed by atoms with Gasteiger partial charge in [0.15, 0.2) is 5.96 Å². The Morgan fingerprint density at radius 1 is 1.27 bits per heavy atom. The lowest BCUT2D eigenvalue weighted by molar-refractivity contribution is -0.128. The molecule has 1 aromatic heterocycles.